The Morgan fingerprint density at radius 1 is 0.526 bits per heavy atom. The first-order valence-electron chi connectivity index (χ1n) is 14.0. The summed E-state index contributed by atoms with van der Waals surface area (Å²) < 4.78 is 40.6. The van der Waals surface area contributed by atoms with Crippen LogP contribution >= 0.6 is 18.5 Å². The van der Waals surface area contributed by atoms with Crippen molar-refractivity contribution in [3.05, 3.63) is 34.4 Å². The van der Waals surface area contributed by atoms with Crippen LogP contribution in [0.5, 0.6) is 0 Å². The van der Waals surface area contributed by atoms with Gasteiger partial charge in [-0.15, -0.1) is 18.5 Å². The van der Waals surface area contributed by atoms with Gasteiger partial charge in [0, 0.05) is 25.7 Å². The lowest BCUT2D eigenvalue weighted by Gasteiger charge is -2.76. The molecule has 8 saturated heterocycles. The fourth-order valence-corrected chi connectivity index (χ4v) is 11.8. The third-order valence-corrected chi connectivity index (χ3v) is 14.2. The lowest BCUT2D eigenvalue weighted by molar-refractivity contribution is -0.526. The summed E-state index contributed by atoms with van der Waals surface area (Å²) in [4.78, 5) is 0. The van der Waals surface area contributed by atoms with E-state index in [1.54, 1.807) is 0 Å². The average molecular weight is 563 g/mol. The topological polar surface area (TPSA) is 55.4 Å². The molecule has 210 valence electrons. The molecule has 8 fully saturated rings. The minimum atomic E-state index is -0.696. The SMILES string of the molecule is Cc1ccc(C2(P)C3(C)CC4(C)OC(C)(CC2(C)O4)O3)c(C2(P)C3(C)CC4(C)OC(C)(CC2(C)O4)O3)c1C. The summed E-state index contributed by atoms with van der Waals surface area (Å²) in [6, 6.07) is 4.56. The van der Waals surface area contributed by atoms with E-state index in [0.717, 1.165) is 0 Å². The van der Waals surface area contributed by atoms with Gasteiger partial charge in [-0.2, -0.15) is 0 Å². The first-order valence-corrected chi connectivity index (χ1v) is 15.2. The van der Waals surface area contributed by atoms with Crippen molar-refractivity contribution in [2.45, 2.75) is 151 Å². The maximum atomic E-state index is 6.96. The number of rotatable bonds is 2. The summed E-state index contributed by atoms with van der Waals surface area (Å²) in [5.74, 6) is -2.78. The molecule has 8 heterocycles. The predicted molar refractivity (Wildman–Crippen MR) is 151 cm³/mol. The molecule has 0 radical (unpaired) electrons. The van der Waals surface area contributed by atoms with Crippen LogP contribution in [-0.4, -0.2) is 45.6 Å². The number of benzene rings is 1. The normalized spacial score (nSPS) is 60.1. The highest BCUT2D eigenvalue weighted by molar-refractivity contribution is 7.19. The van der Waals surface area contributed by atoms with Gasteiger partial charge in [-0.05, 0) is 91.5 Å². The molecule has 10 unspecified atom stereocenters. The van der Waals surface area contributed by atoms with E-state index in [-0.39, 0.29) is 0 Å². The molecule has 0 aliphatic carbocycles. The summed E-state index contributed by atoms with van der Waals surface area (Å²) >= 11 is 0. The van der Waals surface area contributed by atoms with Gasteiger partial charge in [0.15, 0.2) is 23.1 Å². The van der Waals surface area contributed by atoms with Crippen LogP contribution in [0.1, 0.15) is 103 Å². The number of hydrogen-bond donors (Lipinski definition) is 0. The lowest BCUT2D eigenvalue weighted by Crippen LogP contribution is -2.83. The van der Waals surface area contributed by atoms with E-state index in [9.17, 15) is 0 Å². The van der Waals surface area contributed by atoms with E-state index < -0.39 is 55.9 Å². The van der Waals surface area contributed by atoms with Gasteiger partial charge in [-0.25, -0.2) is 0 Å². The Hall–Kier alpha value is -0.160. The summed E-state index contributed by atoms with van der Waals surface area (Å²) in [7, 11) is 6.54. The van der Waals surface area contributed by atoms with Crippen molar-refractivity contribution in [3.8, 4) is 0 Å². The van der Waals surface area contributed by atoms with E-state index in [2.05, 4.69) is 99.8 Å². The molecule has 38 heavy (non-hydrogen) atoms. The Balaban J connectivity index is 1.51. The number of ether oxygens (including phenoxy) is 6. The third kappa shape index (κ3) is 2.79. The van der Waals surface area contributed by atoms with Gasteiger partial charge in [-0.3, -0.25) is 0 Å². The van der Waals surface area contributed by atoms with Gasteiger partial charge in [0.05, 0.1) is 32.7 Å². The van der Waals surface area contributed by atoms with Crippen LogP contribution in [0.4, 0.5) is 0 Å². The standard InChI is InChI=1S/C30H44O6P2/c1-17-11-12-19(29(37)21(3)13-25(7)32-22(29,4)14-26(8,31-21)35-25)20(18(17)2)30(38)23(5)15-27(9)34-24(30,6)16-28(10,33-23)36-27/h11-12H,13-16,37-38H2,1-10H3. The third-order valence-electron chi connectivity index (χ3n) is 11.2. The largest absolute Gasteiger partial charge is 0.342 e. The molecule has 0 spiro atoms. The molecule has 8 heteroatoms. The van der Waals surface area contributed by atoms with Crippen LogP contribution in [0.15, 0.2) is 12.1 Å². The zero-order chi connectivity index (χ0) is 27.8. The van der Waals surface area contributed by atoms with E-state index in [1.165, 1.54) is 22.3 Å². The Morgan fingerprint density at radius 2 is 0.868 bits per heavy atom. The molecular formula is C30H44O6P2. The molecule has 8 bridgehead atoms. The van der Waals surface area contributed by atoms with Crippen LogP contribution in [0.25, 0.3) is 0 Å². The predicted octanol–water partition coefficient (Wildman–Crippen LogP) is 6.09. The van der Waals surface area contributed by atoms with Crippen LogP contribution in [0.3, 0.4) is 0 Å². The van der Waals surface area contributed by atoms with Crippen molar-refractivity contribution >= 4 is 18.5 Å². The molecular weight excluding hydrogens is 518 g/mol. The van der Waals surface area contributed by atoms with Crippen molar-refractivity contribution in [1.29, 1.82) is 0 Å². The van der Waals surface area contributed by atoms with Crippen LogP contribution < -0.4 is 0 Å². The van der Waals surface area contributed by atoms with Gasteiger partial charge in [-0.1, -0.05) is 12.1 Å². The summed E-state index contributed by atoms with van der Waals surface area (Å²) in [5.41, 5.74) is 2.80. The fraction of sp³-hybridized carbons (Fsp3) is 0.800. The Kier molecular flexibility index (Phi) is 4.73. The highest BCUT2D eigenvalue weighted by atomic mass is 31.0. The molecule has 1 aromatic rings. The molecule has 6 nitrogen and oxygen atoms in total. The second-order valence-corrected chi connectivity index (χ2v) is 16.6. The van der Waals surface area contributed by atoms with Gasteiger partial charge < -0.3 is 28.4 Å². The van der Waals surface area contributed by atoms with Gasteiger partial charge in [0.1, 0.15) is 0 Å². The molecule has 8 aliphatic rings. The summed E-state index contributed by atoms with van der Waals surface area (Å²) in [6.07, 6.45) is 2.54. The van der Waals surface area contributed by atoms with E-state index in [0.29, 0.717) is 25.7 Å². The van der Waals surface area contributed by atoms with Crippen molar-refractivity contribution in [1.82, 2.24) is 0 Å². The second kappa shape index (κ2) is 6.73. The smallest absolute Gasteiger partial charge is 0.172 e. The summed E-state index contributed by atoms with van der Waals surface area (Å²) in [5, 5.41) is -1.10. The van der Waals surface area contributed by atoms with E-state index in [4.69, 9.17) is 28.4 Å². The molecule has 9 rings (SSSR count). The van der Waals surface area contributed by atoms with Gasteiger partial charge in [0.25, 0.3) is 0 Å². The highest BCUT2D eigenvalue weighted by Crippen LogP contribution is 2.75. The minimum Gasteiger partial charge on any atom is -0.342 e. The lowest BCUT2D eigenvalue weighted by atomic mass is 9.55. The Labute approximate surface area is 231 Å². The van der Waals surface area contributed by atoms with Crippen LogP contribution in [-0.2, 0) is 38.7 Å². The zero-order valence-electron chi connectivity index (χ0n) is 24.6. The second-order valence-electron chi connectivity index (χ2n) is 14.8. The summed E-state index contributed by atoms with van der Waals surface area (Å²) in [6.45, 7) is 21.7. The van der Waals surface area contributed by atoms with Crippen molar-refractivity contribution in [3.63, 3.8) is 0 Å². The van der Waals surface area contributed by atoms with Gasteiger partial charge in [0.2, 0.25) is 0 Å². The average Bonchev–Trinajstić information content (AvgIpc) is 2.67. The molecule has 0 N–H and O–H groups in total. The first kappa shape index (κ1) is 26.7. The maximum absolute atomic E-state index is 6.96. The van der Waals surface area contributed by atoms with Gasteiger partial charge >= 0.3 is 0 Å². The monoisotopic (exact) mass is 562 g/mol. The Morgan fingerprint density at radius 3 is 1.24 bits per heavy atom. The molecule has 1 aromatic carbocycles. The van der Waals surface area contributed by atoms with Crippen molar-refractivity contribution in [2.75, 3.05) is 0 Å². The minimum absolute atomic E-state index is 0.543. The maximum Gasteiger partial charge on any atom is 0.172 e. The molecule has 10 atom stereocenters. The van der Waals surface area contributed by atoms with E-state index >= 15 is 0 Å². The van der Waals surface area contributed by atoms with Crippen molar-refractivity contribution < 1.29 is 28.4 Å². The Bertz CT molecular complexity index is 1200. The zero-order valence-corrected chi connectivity index (χ0v) is 26.9. The van der Waals surface area contributed by atoms with Crippen molar-refractivity contribution in [2.24, 2.45) is 0 Å². The quantitative estimate of drug-likeness (QED) is 0.407. The molecule has 0 amide bonds. The number of aryl methyl sites for hydroxylation is 1. The molecule has 0 aromatic heterocycles. The fourth-order valence-electron chi connectivity index (χ4n) is 10.5. The van der Waals surface area contributed by atoms with E-state index in [1.807, 2.05) is 0 Å². The molecule has 0 saturated carbocycles. The molecule has 8 aliphatic heterocycles. The number of hydrogen-bond acceptors (Lipinski definition) is 6. The van der Waals surface area contributed by atoms with Crippen LogP contribution in [0.2, 0.25) is 0 Å². The first-order chi connectivity index (χ1) is 17.1. The highest BCUT2D eigenvalue weighted by Gasteiger charge is 2.80. The van der Waals surface area contributed by atoms with Crippen LogP contribution in [0, 0.1) is 13.8 Å².